The lowest BCUT2D eigenvalue weighted by molar-refractivity contribution is -0.386. The monoisotopic (exact) mass is 1310 g/mol. The molecule has 9 rings (SSSR count). The maximum atomic E-state index is 13.4. The molecule has 4 saturated heterocycles. The quantitative estimate of drug-likeness (QED) is 0.0314. The lowest BCUT2D eigenvalue weighted by Gasteiger charge is -2.72. The highest BCUT2D eigenvalue weighted by Gasteiger charge is 2.74. The number of aliphatic carboxylic acids is 1. The molecule has 0 spiro atoms. The average Bonchev–Trinajstić information content (AvgIpc) is 0.717. The second-order valence-corrected chi connectivity index (χ2v) is 29.4. The van der Waals surface area contributed by atoms with Crippen molar-refractivity contribution >= 4 is 23.9 Å². The molecule has 0 aromatic carbocycles. The Morgan fingerprint density at radius 3 is 1.73 bits per heavy atom. The third-order valence-electron chi connectivity index (χ3n) is 23.6. The van der Waals surface area contributed by atoms with Crippen LogP contribution in [0.15, 0.2) is 34.9 Å². The zero-order chi connectivity index (χ0) is 68.0. The molecule has 0 radical (unpaired) electrons. The van der Waals surface area contributed by atoms with Gasteiger partial charge in [-0.05, 0) is 124 Å². The number of carbonyl (C=O) groups is 4. The number of hydrogen-bond acceptors (Lipinski definition) is 26. The predicted molar refractivity (Wildman–Crippen MR) is 316 cm³/mol. The number of aliphatic hydroxyl groups excluding tert-OH is 11. The van der Waals surface area contributed by atoms with Crippen LogP contribution in [0.1, 0.15) is 135 Å². The molecular weight excluding hydrogens is 1210 g/mol. The molecular formula is C65H100O27. The zero-order valence-corrected chi connectivity index (χ0v) is 54.8. The minimum absolute atomic E-state index is 0.0439. The van der Waals surface area contributed by atoms with E-state index in [4.69, 9.17) is 52.1 Å². The lowest BCUT2D eigenvalue weighted by Crippen LogP contribution is -2.72. The molecule has 12 N–H and O–H groups in total. The van der Waals surface area contributed by atoms with Crippen molar-refractivity contribution in [3.05, 3.63) is 34.9 Å². The Labute approximate surface area is 535 Å². The molecule has 3 unspecified atom stereocenters. The van der Waals surface area contributed by atoms with Crippen molar-refractivity contribution in [2.24, 2.45) is 50.2 Å². The smallest absolute Gasteiger partial charge is 0.335 e. The molecule has 30 atom stereocenters. The third kappa shape index (κ3) is 12.3. The van der Waals surface area contributed by atoms with E-state index >= 15 is 0 Å². The second-order valence-electron chi connectivity index (χ2n) is 29.4. The van der Waals surface area contributed by atoms with E-state index in [-0.39, 0.29) is 35.8 Å². The molecule has 4 aliphatic heterocycles. The summed E-state index contributed by atoms with van der Waals surface area (Å²) in [6.07, 6.45) is -29.1. The number of esters is 3. The molecule has 92 heavy (non-hydrogen) atoms. The van der Waals surface area contributed by atoms with Gasteiger partial charge < -0.3 is 113 Å². The van der Waals surface area contributed by atoms with Crippen molar-refractivity contribution < 1.29 is 133 Å². The van der Waals surface area contributed by atoms with Crippen LogP contribution in [-0.4, -0.2) is 246 Å². The first-order chi connectivity index (χ1) is 42.9. The van der Waals surface area contributed by atoms with Crippen LogP contribution in [-0.2, 0) is 71.3 Å². The summed E-state index contributed by atoms with van der Waals surface area (Å²) in [6.45, 7) is 21.8. The summed E-state index contributed by atoms with van der Waals surface area (Å²) in [4.78, 5) is 52.4. The van der Waals surface area contributed by atoms with Gasteiger partial charge in [0.2, 0.25) is 0 Å². The van der Waals surface area contributed by atoms with Crippen LogP contribution >= 0.6 is 0 Å². The highest BCUT2D eigenvalue weighted by molar-refractivity contribution is 5.88. The topological polar surface area (TPSA) is 413 Å². The Bertz CT molecular complexity index is 2790. The van der Waals surface area contributed by atoms with Gasteiger partial charge in [-0.2, -0.15) is 0 Å². The molecule has 522 valence electrons. The molecule has 0 amide bonds. The Morgan fingerprint density at radius 1 is 0.609 bits per heavy atom. The van der Waals surface area contributed by atoms with E-state index in [1.54, 1.807) is 33.8 Å². The number of carbonyl (C=O) groups excluding carboxylic acids is 3. The Kier molecular flexibility index (Phi) is 21.3. The van der Waals surface area contributed by atoms with Crippen LogP contribution in [0.25, 0.3) is 0 Å². The summed E-state index contributed by atoms with van der Waals surface area (Å²) in [6, 6.07) is 0. The largest absolute Gasteiger partial charge is 0.479 e. The molecule has 4 saturated carbocycles. The van der Waals surface area contributed by atoms with E-state index in [2.05, 4.69) is 26.8 Å². The first-order valence-corrected chi connectivity index (χ1v) is 32.3. The van der Waals surface area contributed by atoms with Crippen molar-refractivity contribution in [1.82, 2.24) is 0 Å². The predicted octanol–water partition coefficient (Wildman–Crippen LogP) is 0.715. The number of carboxylic acid groups (broad SMARTS) is 1. The zero-order valence-electron chi connectivity index (χ0n) is 54.8. The second kappa shape index (κ2) is 27.0. The van der Waals surface area contributed by atoms with Crippen molar-refractivity contribution in [3.63, 3.8) is 0 Å². The number of carboxylic acids is 1. The summed E-state index contributed by atoms with van der Waals surface area (Å²) in [5.74, 6) is -4.56. The van der Waals surface area contributed by atoms with E-state index in [9.17, 15) is 80.5 Å². The van der Waals surface area contributed by atoms with Gasteiger partial charge in [-0.1, -0.05) is 72.3 Å². The highest BCUT2D eigenvalue weighted by Crippen LogP contribution is 2.76. The van der Waals surface area contributed by atoms with E-state index in [0.29, 0.717) is 32.1 Å². The fourth-order valence-electron chi connectivity index (χ4n) is 17.8. The normalized spacial score (nSPS) is 48.4. The molecule has 0 aromatic rings. The van der Waals surface area contributed by atoms with Gasteiger partial charge in [-0.3, -0.25) is 4.79 Å². The first-order valence-electron chi connectivity index (χ1n) is 32.3. The van der Waals surface area contributed by atoms with Crippen molar-refractivity contribution in [3.8, 4) is 0 Å². The number of hydrogen-bond donors (Lipinski definition) is 12. The number of fused-ring (bicyclic) bond motifs is 7. The van der Waals surface area contributed by atoms with Crippen molar-refractivity contribution in [2.45, 2.75) is 276 Å². The Balaban J connectivity index is 1.01. The van der Waals surface area contributed by atoms with Crippen molar-refractivity contribution in [2.75, 3.05) is 19.8 Å². The molecule has 0 bridgehead atoms. The van der Waals surface area contributed by atoms with Gasteiger partial charge >= 0.3 is 23.9 Å². The minimum Gasteiger partial charge on any atom is -0.479 e. The van der Waals surface area contributed by atoms with Gasteiger partial charge in [0.15, 0.2) is 43.5 Å². The van der Waals surface area contributed by atoms with Crippen LogP contribution in [0.2, 0.25) is 0 Å². The molecule has 0 aromatic heterocycles. The number of rotatable bonds is 17. The fraction of sp³-hybridized carbons (Fsp3) is 0.846. The molecule has 9 aliphatic rings. The van der Waals surface area contributed by atoms with E-state index < -0.39 is 223 Å². The van der Waals surface area contributed by atoms with Crippen LogP contribution in [0.3, 0.4) is 0 Å². The van der Waals surface area contributed by atoms with Crippen LogP contribution < -0.4 is 0 Å². The first kappa shape index (κ1) is 72.6. The van der Waals surface area contributed by atoms with Gasteiger partial charge in [0, 0.05) is 18.1 Å². The third-order valence-corrected chi connectivity index (χ3v) is 23.6. The van der Waals surface area contributed by atoms with Gasteiger partial charge in [0.1, 0.15) is 73.8 Å². The molecule has 27 nitrogen and oxygen atoms in total. The summed E-state index contributed by atoms with van der Waals surface area (Å²) in [5.41, 5.74) is -3.54. The highest BCUT2D eigenvalue weighted by atomic mass is 16.8. The van der Waals surface area contributed by atoms with E-state index in [1.807, 2.05) is 27.7 Å². The standard InChI is InChI=1S/C65H100O27/c1-14-27(3)54(80)87-46-29(5)83-58(45(76)48(46)88-55(81)28(4)15-2)92-52-51(77)65(26-82-30(6)68)32(22-60(52,7)8)31-16-17-36-62(11)20-19-38(61(9,10)35(62)18-21-63(36,12)64(31,13)23-37(65)69)86-59-50(91-57-43(74)41(72)39(70)33(24-66)84-57)47(44(75)49(90-59)53(78)79)89-56-42(73)40(71)34(25-67)85-56/h14-16,29,32-52,56-59,66-67,69-77H,17-26H2,1-13H3,(H,78,79)/b27-14-,28-15-/t29-,32?,33+,34-,35?,36?,37+,38-,39-,40-,41-,42+,43+,44-,45+,46-,47-,48-,49-,50+,51-,52-,56-,57-,58-,59+,62-,63+,64+,65-/m0/s1. The molecule has 27 heteroatoms. The number of aliphatic hydroxyl groups is 11. The molecule has 5 aliphatic carbocycles. The van der Waals surface area contributed by atoms with Gasteiger partial charge in [0.25, 0.3) is 0 Å². The van der Waals surface area contributed by atoms with Crippen LogP contribution in [0.4, 0.5) is 0 Å². The molecule has 4 heterocycles. The summed E-state index contributed by atoms with van der Waals surface area (Å²) in [5, 5.41) is 135. The number of allylic oxidation sites excluding steroid dienone is 4. The van der Waals surface area contributed by atoms with E-state index in [1.165, 1.54) is 19.9 Å². The van der Waals surface area contributed by atoms with Gasteiger partial charge in [-0.15, -0.1) is 0 Å². The fourth-order valence-corrected chi connectivity index (χ4v) is 17.8. The summed E-state index contributed by atoms with van der Waals surface area (Å²) >= 11 is 0. The van der Waals surface area contributed by atoms with Crippen molar-refractivity contribution in [1.29, 1.82) is 0 Å². The van der Waals surface area contributed by atoms with Crippen LogP contribution in [0.5, 0.6) is 0 Å². The van der Waals surface area contributed by atoms with Gasteiger partial charge in [0.05, 0.1) is 49.1 Å². The summed E-state index contributed by atoms with van der Waals surface area (Å²) in [7, 11) is 0. The SMILES string of the molecule is C/C=C(/C)C(=O)O[C@@H]1[C@@H](OC(=O)/C(C)=C\C)[C@@H](O)[C@H](O[C@H]2[C@H](O)[C@@]3(COC(C)=O)C(CC2(C)C)C2=CCC4[C@@]5(C)CC[C@H](O[C@@H]6O[C@H](C(=O)O)[C@@H](O)[C@H](O[C@@H]7O[C@@H](CO)[C@H](O)[C@H]7O)[C@H]6O[C@@H]6O[C@H](CO)[C@H](O)[C@H](O)[C@H]6O)C(C)(C)C5CC[C@@]4(C)[C@]2(C)C[C@H]3O)O[C@H]1C. The Morgan fingerprint density at radius 2 is 1.16 bits per heavy atom. The maximum absolute atomic E-state index is 13.4. The minimum atomic E-state index is -2.13. The van der Waals surface area contributed by atoms with Crippen LogP contribution in [0, 0.1) is 50.2 Å². The lowest BCUT2D eigenvalue weighted by atomic mass is 9.33. The maximum Gasteiger partial charge on any atom is 0.335 e. The Hall–Kier alpha value is -3.66. The van der Waals surface area contributed by atoms with E-state index in [0.717, 1.165) is 5.57 Å². The number of ether oxygens (including phenoxy) is 11. The van der Waals surface area contributed by atoms with Gasteiger partial charge in [-0.25, -0.2) is 14.4 Å². The summed E-state index contributed by atoms with van der Waals surface area (Å²) < 4.78 is 67.2. The average molecular weight is 1310 g/mol. The molecule has 8 fully saturated rings.